The molecule has 8 heteroatoms. The van der Waals surface area contributed by atoms with Crippen molar-refractivity contribution in [3.8, 4) is 0 Å². The molecule has 1 aliphatic rings. The molecule has 1 amide bonds. The maximum Gasteiger partial charge on any atom is 0.231 e. The summed E-state index contributed by atoms with van der Waals surface area (Å²) in [6.45, 7) is 1.41. The van der Waals surface area contributed by atoms with Gasteiger partial charge in [0.1, 0.15) is 11.3 Å². The lowest BCUT2D eigenvalue weighted by molar-refractivity contribution is -0.120. The Kier molecular flexibility index (Phi) is 4.44. The van der Waals surface area contributed by atoms with E-state index in [1.54, 1.807) is 6.07 Å². The number of halogens is 1. The predicted molar refractivity (Wildman–Crippen MR) is 113 cm³/mol. The molecule has 0 aliphatic carbocycles. The van der Waals surface area contributed by atoms with E-state index in [0.29, 0.717) is 17.2 Å². The molecule has 5 nitrogen and oxygen atoms in total. The van der Waals surface area contributed by atoms with Gasteiger partial charge in [0.2, 0.25) is 5.91 Å². The van der Waals surface area contributed by atoms with Crippen molar-refractivity contribution >= 4 is 59.3 Å². The highest BCUT2D eigenvalue weighted by Crippen LogP contribution is 2.33. The van der Waals surface area contributed by atoms with Crippen LogP contribution in [0.2, 0.25) is 0 Å². The van der Waals surface area contributed by atoms with E-state index < -0.39 is 0 Å². The maximum absolute atomic E-state index is 14.0. The number of carbonyl (C=O) groups is 1. The third-order valence-electron chi connectivity index (χ3n) is 4.95. The third-order valence-corrected chi connectivity index (χ3v) is 6.98. The van der Waals surface area contributed by atoms with Crippen molar-refractivity contribution in [1.82, 2.24) is 9.97 Å². The summed E-state index contributed by atoms with van der Waals surface area (Å²) in [6, 6.07) is 12.8. The van der Waals surface area contributed by atoms with Crippen LogP contribution in [-0.2, 0) is 4.79 Å². The summed E-state index contributed by atoms with van der Waals surface area (Å²) in [7, 11) is 0. The summed E-state index contributed by atoms with van der Waals surface area (Å²) >= 11 is 2.95. The highest BCUT2D eigenvalue weighted by atomic mass is 32.1. The molecule has 1 fully saturated rings. The molecule has 5 rings (SSSR count). The van der Waals surface area contributed by atoms with Gasteiger partial charge in [-0.15, -0.1) is 0 Å². The highest BCUT2D eigenvalue weighted by molar-refractivity contribution is 7.22. The number of piperidine rings is 1. The fourth-order valence-electron chi connectivity index (χ4n) is 3.54. The molecule has 3 heterocycles. The Morgan fingerprint density at radius 3 is 2.82 bits per heavy atom. The van der Waals surface area contributed by atoms with Crippen molar-refractivity contribution in [2.75, 3.05) is 23.3 Å². The first-order valence-corrected chi connectivity index (χ1v) is 10.8. The van der Waals surface area contributed by atoms with Gasteiger partial charge in [0.25, 0.3) is 0 Å². The topological polar surface area (TPSA) is 58.1 Å². The van der Waals surface area contributed by atoms with Gasteiger partial charge in [-0.3, -0.25) is 4.79 Å². The number of hydrogen-bond donors (Lipinski definition) is 1. The van der Waals surface area contributed by atoms with E-state index in [0.717, 1.165) is 39.4 Å². The predicted octanol–water partition coefficient (Wildman–Crippen LogP) is 4.90. The second kappa shape index (κ2) is 7.10. The van der Waals surface area contributed by atoms with Crippen molar-refractivity contribution in [3.63, 3.8) is 0 Å². The molecule has 1 saturated heterocycles. The SMILES string of the molecule is O=C(Nc1nc2ccccc2s1)C1CCCN(c2nc3c(F)cccc3s2)C1. The maximum atomic E-state index is 14.0. The molecule has 0 spiro atoms. The largest absolute Gasteiger partial charge is 0.347 e. The first-order valence-electron chi connectivity index (χ1n) is 9.14. The van der Waals surface area contributed by atoms with Crippen LogP contribution < -0.4 is 10.2 Å². The van der Waals surface area contributed by atoms with E-state index in [4.69, 9.17) is 0 Å². The second-order valence-electron chi connectivity index (χ2n) is 6.84. The Bertz CT molecular complexity index is 1140. The third kappa shape index (κ3) is 3.22. The minimum atomic E-state index is -0.304. The van der Waals surface area contributed by atoms with Crippen LogP contribution in [0.4, 0.5) is 14.7 Å². The summed E-state index contributed by atoms with van der Waals surface area (Å²) in [4.78, 5) is 23.8. The second-order valence-corrected chi connectivity index (χ2v) is 8.88. The number of rotatable bonds is 3. The van der Waals surface area contributed by atoms with Crippen LogP contribution >= 0.6 is 22.7 Å². The monoisotopic (exact) mass is 412 g/mol. The van der Waals surface area contributed by atoms with E-state index in [1.807, 2.05) is 30.3 Å². The number of hydrogen-bond acceptors (Lipinski definition) is 6. The molecule has 28 heavy (non-hydrogen) atoms. The van der Waals surface area contributed by atoms with Crippen molar-refractivity contribution in [3.05, 3.63) is 48.3 Å². The highest BCUT2D eigenvalue weighted by Gasteiger charge is 2.28. The van der Waals surface area contributed by atoms with Gasteiger partial charge in [-0.05, 0) is 37.1 Å². The first kappa shape index (κ1) is 17.5. The number of carbonyl (C=O) groups excluding carboxylic acids is 1. The van der Waals surface area contributed by atoms with Gasteiger partial charge in [0, 0.05) is 13.1 Å². The number of fused-ring (bicyclic) bond motifs is 2. The van der Waals surface area contributed by atoms with Crippen molar-refractivity contribution < 1.29 is 9.18 Å². The summed E-state index contributed by atoms with van der Waals surface area (Å²) < 4.78 is 15.8. The smallest absolute Gasteiger partial charge is 0.231 e. The van der Waals surface area contributed by atoms with Gasteiger partial charge < -0.3 is 10.2 Å². The van der Waals surface area contributed by atoms with Crippen LogP contribution in [0, 0.1) is 11.7 Å². The number of amides is 1. The Labute approximate surface area is 168 Å². The lowest BCUT2D eigenvalue weighted by Gasteiger charge is -2.31. The average molecular weight is 413 g/mol. The van der Waals surface area contributed by atoms with Crippen LogP contribution in [0.5, 0.6) is 0 Å². The number of anilines is 2. The quantitative estimate of drug-likeness (QED) is 0.520. The van der Waals surface area contributed by atoms with E-state index >= 15 is 0 Å². The molecule has 142 valence electrons. The molecular weight excluding hydrogens is 395 g/mol. The number of para-hydroxylation sites is 2. The number of benzene rings is 2. The standard InChI is InChI=1S/C20H17FN4OS2/c21-13-6-3-9-16-17(13)23-20(28-16)25-10-4-5-12(11-25)18(26)24-19-22-14-7-1-2-8-15(14)27-19/h1-3,6-9,12H,4-5,10-11H2,(H,22,24,26). The van der Waals surface area contributed by atoms with Gasteiger partial charge in [0.15, 0.2) is 10.3 Å². The van der Waals surface area contributed by atoms with Crippen molar-refractivity contribution in [2.45, 2.75) is 12.8 Å². The fraction of sp³-hybridized carbons (Fsp3) is 0.250. The zero-order chi connectivity index (χ0) is 19.1. The van der Waals surface area contributed by atoms with E-state index in [1.165, 1.54) is 28.7 Å². The molecule has 0 radical (unpaired) electrons. The fourth-order valence-corrected chi connectivity index (χ4v) is 5.42. The van der Waals surface area contributed by atoms with Crippen LogP contribution in [0.15, 0.2) is 42.5 Å². The summed E-state index contributed by atoms with van der Waals surface area (Å²) in [6.07, 6.45) is 1.73. The molecule has 1 aliphatic heterocycles. The zero-order valence-corrected chi connectivity index (χ0v) is 16.5. The van der Waals surface area contributed by atoms with E-state index in [-0.39, 0.29) is 17.6 Å². The molecule has 2 aromatic carbocycles. The lowest BCUT2D eigenvalue weighted by Crippen LogP contribution is -2.40. The molecule has 1 N–H and O–H groups in total. The van der Waals surface area contributed by atoms with Crippen LogP contribution in [0.25, 0.3) is 20.4 Å². The molecule has 1 atom stereocenters. The molecule has 1 unspecified atom stereocenters. The number of nitrogens with zero attached hydrogens (tertiary/aromatic N) is 3. The summed E-state index contributed by atoms with van der Waals surface area (Å²) in [5.41, 5.74) is 1.30. The minimum Gasteiger partial charge on any atom is -0.347 e. The van der Waals surface area contributed by atoms with Crippen LogP contribution in [0.3, 0.4) is 0 Å². The molecular formula is C20H17FN4OS2. The molecule has 4 aromatic rings. The van der Waals surface area contributed by atoms with Crippen LogP contribution in [0.1, 0.15) is 12.8 Å². The van der Waals surface area contributed by atoms with Gasteiger partial charge in [-0.1, -0.05) is 40.9 Å². The Morgan fingerprint density at radius 2 is 1.96 bits per heavy atom. The zero-order valence-electron chi connectivity index (χ0n) is 14.9. The number of thiazole rings is 2. The first-order chi connectivity index (χ1) is 13.7. The van der Waals surface area contributed by atoms with E-state index in [2.05, 4.69) is 20.2 Å². The average Bonchev–Trinajstić information content (AvgIpc) is 3.32. The van der Waals surface area contributed by atoms with E-state index in [9.17, 15) is 9.18 Å². The van der Waals surface area contributed by atoms with Crippen molar-refractivity contribution in [2.24, 2.45) is 5.92 Å². The van der Waals surface area contributed by atoms with Gasteiger partial charge in [0.05, 0.1) is 20.8 Å². The Hall–Kier alpha value is -2.58. The van der Waals surface area contributed by atoms with Gasteiger partial charge in [-0.25, -0.2) is 14.4 Å². The Balaban J connectivity index is 1.32. The summed E-state index contributed by atoms with van der Waals surface area (Å²) in [5.74, 6) is -0.462. The number of nitrogens with one attached hydrogen (secondary N) is 1. The summed E-state index contributed by atoms with van der Waals surface area (Å²) in [5, 5.41) is 4.38. The van der Waals surface area contributed by atoms with Gasteiger partial charge >= 0.3 is 0 Å². The molecule has 0 saturated carbocycles. The van der Waals surface area contributed by atoms with Crippen LogP contribution in [-0.4, -0.2) is 29.0 Å². The lowest BCUT2D eigenvalue weighted by atomic mass is 9.97. The Morgan fingerprint density at radius 1 is 1.11 bits per heavy atom. The minimum absolute atomic E-state index is 0.0175. The van der Waals surface area contributed by atoms with Gasteiger partial charge in [-0.2, -0.15) is 0 Å². The molecule has 2 aromatic heterocycles. The molecule has 0 bridgehead atoms. The normalized spacial score (nSPS) is 17.3. The number of aromatic nitrogens is 2. The van der Waals surface area contributed by atoms with Crippen molar-refractivity contribution in [1.29, 1.82) is 0 Å².